The minimum atomic E-state index is -3.49. The molecule has 1 rings (SSSR count). The van der Waals surface area contributed by atoms with Crippen LogP contribution in [0.5, 0.6) is 5.75 Å². The molecule has 11 heteroatoms. The van der Waals surface area contributed by atoms with Crippen molar-refractivity contribution in [1.29, 1.82) is 0 Å². The number of hydrogen-bond acceptors (Lipinski definition) is 4. The molecule has 0 aliphatic carbocycles. The van der Waals surface area contributed by atoms with Gasteiger partial charge in [-0.15, -0.1) is 34.8 Å². The van der Waals surface area contributed by atoms with E-state index < -0.39 is 9.05 Å². The van der Waals surface area contributed by atoms with E-state index in [-0.39, 0.29) is 37.5 Å². The highest BCUT2D eigenvalue weighted by molar-refractivity contribution is 9.14. The molecule has 0 amide bonds. The lowest BCUT2D eigenvalue weighted by atomic mass is 10.3. The maximum atomic E-state index is 5.97. The molecule has 0 saturated heterocycles. The number of halogens is 6. The van der Waals surface area contributed by atoms with Gasteiger partial charge < -0.3 is 17.7 Å². The highest BCUT2D eigenvalue weighted by Crippen LogP contribution is 2.39. The van der Waals surface area contributed by atoms with Crippen LogP contribution in [0.25, 0.3) is 0 Å². The van der Waals surface area contributed by atoms with E-state index >= 15 is 0 Å². The molecule has 0 heterocycles. The molecule has 1 aromatic carbocycles. The van der Waals surface area contributed by atoms with E-state index in [0.29, 0.717) is 10.2 Å². The lowest BCUT2D eigenvalue weighted by molar-refractivity contribution is 0.0108. The molecule has 0 atom stereocenters. The monoisotopic (exact) mass is 592 g/mol. The minimum Gasteiger partial charge on any atom is -0.479 e. The van der Waals surface area contributed by atoms with Gasteiger partial charge in [0.2, 0.25) is 0 Å². The van der Waals surface area contributed by atoms with Gasteiger partial charge in [-0.1, -0.05) is 0 Å². The van der Waals surface area contributed by atoms with Gasteiger partial charge in [0.15, 0.2) is 0 Å². The average Bonchev–Trinajstić information content (AvgIpc) is 2.56. The van der Waals surface area contributed by atoms with Crippen LogP contribution in [-0.2, 0) is 13.3 Å². The van der Waals surface area contributed by atoms with E-state index in [4.69, 9.17) is 52.5 Å². The van der Waals surface area contributed by atoms with Gasteiger partial charge in [0.05, 0.1) is 24.3 Å². The summed E-state index contributed by atoms with van der Waals surface area (Å²) < 4.78 is 25.4. The van der Waals surface area contributed by atoms with Crippen molar-refractivity contribution in [3.05, 3.63) is 25.6 Å². The Morgan fingerprint density at radius 1 is 0.783 bits per heavy atom. The van der Waals surface area contributed by atoms with Crippen molar-refractivity contribution in [3.8, 4) is 5.75 Å². The van der Waals surface area contributed by atoms with Crippen LogP contribution in [0.15, 0.2) is 25.6 Å². The molecular formula is C12H14Br3Cl3O4Si. The van der Waals surface area contributed by atoms with Crippen molar-refractivity contribution >= 4 is 91.6 Å². The highest BCUT2D eigenvalue weighted by atomic mass is 79.9. The Kier molecular flexibility index (Phi) is 11.7. The maximum Gasteiger partial charge on any atom is 0.749 e. The molecule has 0 fully saturated rings. The molecule has 4 nitrogen and oxygen atoms in total. The summed E-state index contributed by atoms with van der Waals surface area (Å²) in [6, 6.07) is 3.59. The Hall–Kier alpha value is 1.43. The molecule has 132 valence electrons. The van der Waals surface area contributed by atoms with E-state index in [1.807, 2.05) is 6.07 Å². The van der Waals surface area contributed by atoms with Crippen molar-refractivity contribution in [3.63, 3.8) is 0 Å². The summed E-state index contributed by atoms with van der Waals surface area (Å²) in [5.74, 6) is 1.33. The van der Waals surface area contributed by atoms with Crippen LogP contribution in [0.2, 0.25) is 0 Å². The van der Waals surface area contributed by atoms with E-state index in [1.165, 1.54) is 0 Å². The second-order valence-corrected chi connectivity index (χ2v) is 9.53. The summed E-state index contributed by atoms with van der Waals surface area (Å²) in [7, 11) is -3.49. The zero-order chi connectivity index (χ0) is 17.3. The fourth-order valence-corrected chi connectivity index (χ4v) is 5.47. The van der Waals surface area contributed by atoms with Crippen LogP contribution >= 0.6 is 82.6 Å². The average molecular weight is 596 g/mol. The molecule has 0 unspecified atom stereocenters. The van der Waals surface area contributed by atoms with Crippen molar-refractivity contribution in [1.82, 2.24) is 0 Å². The topological polar surface area (TPSA) is 36.9 Å². The van der Waals surface area contributed by atoms with Crippen LogP contribution in [0, 0.1) is 0 Å². The van der Waals surface area contributed by atoms with E-state index in [9.17, 15) is 0 Å². The van der Waals surface area contributed by atoms with Gasteiger partial charge in [-0.3, -0.25) is 0 Å². The van der Waals surface area contributed by atoms with Gasteiger partial charge in [0, 0.05) is 26.6 Å². The molecule has 0 spiro atoms. The molecule has 0 radical (unpaired) electrons. The Labute approximate surface area is 176 Å². The van der Waals surface area contributed by atoms with Crippen molar-refractivity contribution < 1.29 is 17.7 Å². The number of alkyl halides is 3. The fourth-order valence-electron chi connectivity index (χ4n) is 1.43. The second kappa shape index (κ2) is 11.9. The zero-order valence-corrected chi connectivity index (χ0v) is 19.8. The zero-order valence-electron chi connectivity index (χ0n) is 11.8. The third-order valence-electron chi connectivity index (χ3n) is 2.30. The smallest absolute Gasteiger partial charge is 0.479 e. The summed E-state index contributed by atoms with van der Waals surface area (Å²) in [6.45, 7) is 0.648. The number of rotatable bonds is 11. The Balaban J connectivity index is 3.07. The van der Waals surface area contributed by atoms with E-state index in [1.54, 1.807) is 6.07 Å². The van der Waals surface area contributed by atoms with Gasteiger partial charge in [-0.05, 0) is 59.9 Å². The van der Waals surface area contributed by atoms with Crippen LogP contribution in [-0.4, -0.2) is 46.5 Å². The van der Waals surface area contributed by atoms with Crippen molar-refractivity contribution in [2.75, 3.05) is 37.5 Å². The van der Waals surface area contributed by atoms with Crippen molar-refractivity contribution in [2.24, 2.45) is 0 Å². The Morgan fingerprint density at radius 2 is 1.26 bits per heavy atom. The quantitative estimate of drug-likeness (QED) is 0.191. The fraction of sp³-hybridized carbons (Fsp3) is 0.500. The molecule has 0 aromatic heterocycles. The number of hydrogen-bond donors (Lipinski definition) is 0. The maximum absolute atomic E-state index is 5.97. The predicted molar refractivity (Wildman–Crippen MR) is 106 cm³/mol. The molecule has 23 heavy (non-hydrogen) atoms. The summed E-state index contributed by atoms with van der Waals surface area (Å²) in [4.78, 5) is 0. The summed E-state index contributed by atoms with van der Waals surface area (Å²) >= 11 is 27.5. The molecule has 0 aliphatic rings. The van der Waals surface area contributed by atoms with Crippen LogP contribution in [0.3, 0.4) is 0 Å². The highest BCUT2D eigenvalue weighted by Gasteiger charge is 2.49. The summed E-state index contributed by atoms with van der Waals surface area (Å²) in [5, 5.41) is 0. The van der Waals surface area contributed by atoms with Gasteiger partial charge in [0.1, 0.15) is 5.75 Å². The van der Waals surface area contributed by atoms with E-state index in [2.05, 4.69) is 47.8 Å². The standard InChI is InChI=1S/C12H14Br3Cl3O4Si/c13-9-1-2-10(12(15)11(9)14)22-23(19-6-3-16,20-7-4-17)21-8-5-18/h1-2H,3-8H2. The van der Waals surface area contributed by atoms with Crippen LogP contribution in [0.4, 0.5) is 0 Å². The van der Waals surface area contributed by atoms with Gasteiger partial charge in [-0.2, -0.15) is 0 Å². The number of benzene rings is 1. The SMILES string of the molecule is ClCCO[Si](OCCCl)(OCCCl)Oc1ccc(Br)c(Br)c1Br. The largest absolute Gasteiger partial charge is 0.749 e. The van der Waals surface area contributed by atoms with Gasteiger partial charge in [-0.25, -0.2) is 0 Å². The lowest BCUT2D eigenvalue weighted by Gasteiger charge is -2.28. The van der Waals surface area contributed by atoms with Crippen LogP contribution in [0.1, 0.15) is 0 Å². The van der Waals surface area contributed by atoms with Crippen LogP contribution < -0.4 is 4.43 Å². The third-order valence-corrected chi connectivity index (χ3v) is 8.24. The summed E-state index contributed by atoms with van der Waals surface area (Å²) in [5.41, 5.74) is 0. The Bertz CT molecular complexity index is 477. The summed E-state index contributed by atoms with van der Waals surface area (Å²) in [6.07, 6.45) is 0. The van der Waals surface area contributed by atoms with Gasteiger partial charge >= 0.3 is 9.05 Å². The lowest BCUT2D eigenvalue weighted by Crippen LogP contribution is -2.53. The molecule has 0 N–H and O–H groups in total. The molecule has 0 saturated carbocycles. The first-order valence-electron chi connectivity index (χ1n) is 6.42. The van der Waals surface area contributed by atoms with Crippen molar-refractivity contribution in [2.45, 2.75) is 0 Å². The molecule has 0 bridgehead atoms. The molecule has 0 aliphatic heterocycles. The third kappa shape index (κ3) is 7.28. The van der Waals surface area contributed by atoms with E-state index in [0.717, 1.165) is 8.95 Å². The first-order valence-corrected chi connectivity index (χ1v) is 12.0. The van der Waals surface area contributed by atoms with Gasteiger partial charge in [0.25, 0.3) is 0 Å². The first kappa shape index (κ1) is 22.5. The minimum absolute atomic E-state index is 0.216. The normalized spacial score (nSPS) is 11.7. The molecular weight excluding hydrogens is 582 g/mol. The first-order chi connectivity index (χ1) is 11.0. The molecule has 1 aromatic rings. The predicted octanol–water partition coefficient (Wildman–Crippen LogP) is 5.55. The Morgan fingerprint density at radius 3 is 1.70 bits per heavy atom. The second-order valence-electron chi connectivity index (χ2n) is 3.89.